The maximum absolute atomic E-state index is 10.5. The zero-order valence-corrected chi connectivity index (χ0v) is 11.1. The summed E-state index contributed by atoms with van der Waals surface area (Å²) in [6.45, 7) is 2.17. The molecule has 4 nitrogen and oxygen atoms in total. The smallest absolute Gasteiger partial charge is 0.161 e. The number of fused-ring (bicyclic) bond motifs is 1. The van der Waals surface area contributed by atoms with Gasteiger partial charge in [0.25, 0.3) is 0 Å². The zero-order valence-electron chi connectivity index (χ0n) is 11.1. The van der Waals surface area contributed by atoms with Crippen molar-refractivity contribution in [3.05, 3.63) is 23.8 Å². The maximum atomic E-state index is 10.5. The van der Waals surface area contributed by atoms with Gasteiger partial charge in [0.05, 0.1) is 6.10 Å². The molecule has 0 radical (unpaired) electrons. The Morgan fingerprint density at radius 2 is 1.95 bits per heavy atom. The van der Waals surface area contributed by atoms with Crippen molar-refractivity contribution in [3.8, 4) is 11.5 Å². The van der Waals surface area contributed by atoms with E-state index < -0.39 is 6.10 Å². The highest BCUT2D eigenvalue weighted by Gasteiger charge is 2.23. The highest BCUT2D eigenvalue weighted by Crippen LogP contribution is 2.34. The number of aliphatic hydroxyl groups excluding tert-OH is 1. The van der Waals surface area contributed by atoms with Gasteiger partial charge in [0.2, 0.25) is 0 Å². The second kappa shape index (κ2) is 5.80. The van der Waals surface area contributed by atoms with Crippen molar-refractivity contribution < 1.29 is 14.6 Å². The number of benzene rings is 1. The lowest BCUT2D eigenvalue weighted by Gasteiger charge is -2.25. The third kappa shape index (κ3) is 2.85. The van der Waals surface area contributed by atoms with Crippen LogP contribution in [0.4, 0.5) is 0 Å². The van der Waals surface area contributed by atoms with Gasteiger partial charge in [0, 0.05) is 6.04 Å². The zero-order chi connectivity index (χ0) is 13.1. The van der Waals surface area contributed by atoms with Crippen molar-refractivity contribution in [2.24, 2.45) is 0 Å². The van der Waals surface area contributed by atoms with Gasteiger partial charge in [-0.05, 0) is 37.1 Å². The van der Waals surface area contributed by atoms with E-state index in [4.69, 9.17) is 9.47 Å². The van der Waals surface area contributed by atoms with Crippen LogP contribution in [0.1, 0.15) is 37.4 Å². The van der Waals surface area contributed by atoms with Gasteiger partial charge in [-0.15, -0.1) is 0 Å². The lowest BCUT2D eigenvalue weighted by molar-refractivity contribution is 0.124. The fraction of sp³-hybridized carbons (Fsp3) is 0.600. The molecule has 0 bridgehead atoms. The van der Waals surface area contributed by atoms with Gasteiger partial charge in [-0.25, -0.2) is 0 Å². The molecule has 0 spiro atoms. The van der Waals surface area contributed by atoms with Crippen LogP contribution < -0.4 is 14.8 Å². The summed E-state index contributed by atoms with van der Waals surface area (Å²) in [5.41, 5.74) is 0.906. The number of hydrogen-bond donors (Lipinski definition) is 2. The minimum Gasteiger partial charge on any atom is -0.486 e. The molecule has 0 aromatic heterocycles. The molecule has 2 aliphatic rings. The van der Waals surface area contributed by atoms with E-state index in [9.17, 15) is 5.11 Å². The third-order valence-electron chi connectivity index (χ3n) is 3.89. The Labute approximate surface area is 113 Å². The van der Waals surface area contributed by atoms with Gasteiger partial charge in [0.1, 0.15) is 13.2 Å². The third-order valence-corrected chi connectivity index (χ3v) is 3.89. The summed E-state index contributed by atoms with van der Waals surface area (Å²) in [6.07, 6.45) is 4.17. The quantitative estimate of drug-likeness (QED) is 0.857. The van der Waals surface area contributed by atoms with Crippen LogP contribution in [0.2, 0.25) is 0 Å². The van der Waals surface area contributed by atoms with E-state index in [1.54, 1.807) is 0 Å². The van der Waals surface area contributed by atoms with Crippen LogP contribution in [0.3, 0.4) is 0 Å². The Bertz CT molecular complexity index is 427. The molecule has 2 aliphatic heterocycles. The van der Waals surface area contributed by atoms with Gasteiger partial charge in [-0.2, -0.15) is 0 Å². The summed E-state index contributed by atoms with van der Waals surface area (Å²) in [5.74, 6) is 1.52. The molecule has 1 fully saturated rings. The molecular formula is C15H21NO3. The number of ether oxygens (including phenoxy) is 2. The van der Waals surface area contributed by atoms with E-state index in [0.29, 0.717) is 13.2 Å². The van der Waals surface area contributed by atoms with Crippen LogP contribution in [-0.4, -0.2) is 30.9 Å². The predicted molar refractivity (Wildman–Crippen MR) is 72.7 cm³/mol. The Balaban J connectivity index is 1.76. The van der Waals surface area contributed by atoms with Crippen LogP contribution in [0.25, 0.3) is 0 Å². The lowest BCUT2D eigenvalue weighted by Crippen LogP contribution is -2.34. The topological polar surface area (TPSA) is 50.7 Å². The van der Waals surface area contributed by atoms with Gasteiger partial charge in [-0.1, -0.05) is 18.9 Å². The molecule has 0 amide bonds. The van der Waals surface area contributed by atoms with Gasteiger partial charge >= 0.3 is 0 Å². The highest BCUT2D eigenvalue weighted by molar-refractivity contribution is 5.44. The lowest BCUT2D eigenvalue weighted by atomic mass is 9.98. The van der Waals surface area contributed by atoms with E-state index in [0.717, 1.165) is 30.0 Å². The molecule has 1 saturated heterocycles. The number of nitrogens with one attached hydrogen (secondary N) is 1. The SMILES string of the molecule is OC(c1ccc2c(c1)OCCO2)C1CCCCCN1. The minimum atomic E-state index is -0.478. The van der Waals surface area contributed by atoms with Crippen molar-refractivity contribution in [2.75, 3.05) is 19.8 Å². The molecule has 2 heterocycles. The number of aliphatic hydroxyl groups is 1. The average molecular weight is 263 g/mol. The Morgan fingerprint density at radius 3 is 2.84 bits per heavy atom. The number of rotatable bonds is 2. The molecule has 0 saturated carbocycles. The molecule has 104 valence electrons. The number of hydrogen-bond acceptors (Lipinski definition) is 4. The summed E-state index contributed by atoms with van der Waals surface area (Å²) in [4.78, 5) is 0. The standard InChI is InChI=1S/C15H21NO3/c17-15(12-4-2-1-3-7-16-12)11-5-6-13-14(10-11)19-9-8-18-13/h5-6,10,12,15-17H,1-4,7-9H2. The predicted octanol–water partition coefficient (Wildman–Crippen LogP) is 2.02. The second-order valence-electron chi connectivity index (χ2n) is 5.26. The molecule has 1 aromatic rings. The molecule has 4 heteroatoms. The molecule has 1 aromatic carbocycles. The van der Waals surface area contributed by atoms with E-state index in [1.165, 1.54) is 19.3 Å². The summed E-state index contributed by atoms with van der Waals surface area (Å²) >= 11 is 0. The van der Waals surface area contributed by atoms with Crippen molar-refractivity contribution in [2.45, 2.75) is 37.8 Å². The molecular weight excluding hydrogens is 242 g/mol. The molecule has 2 unspecified atom stereocenters. The van der Waals surface area contributed by atoms with E-state index in [2.05, 4.69) is 5.32 Å². The fourth-order valence-electron chi connectivity index (χ4n) is 2.80. The molecule has 0 aliphatic carbocycles. The monoisotopic (exact) mass is 263 g/mol. The summed E-state index contributed by atoms with van der Waals surface area (Å²) in [7, 11) is 0. The normalized spacial score (nSPS) is 24.6. The van der Waals surface area contributed by atoms with Crippen LogP contribution in [0.15, 0.2) is 18.2 Å². The van der Waals surface area contributed by atoms with Gasteiger partial charge in [0.15, 0.2) is 11.5 Å². The second-order valence-corrected chi connectivity index (χ2v) is 5.26. The molecule has 3 rings (SSSR count). The fourth-order valence-corrected chi connectivity index (χ4v) is 2.80. The minimum absolute atomic E-state index is 0.144. The first kappa shape index (κ1) is 12.8. The maximum Gasteiger partial charge on any atom is 0.161 e. The average Bonchev–Trinajstić information content (AvgIpc) is 2.75. The van der Waals surface area contributed by atoms with Crippen LogP contribution in [0.5, 0.6) is 11.5 Å². The van der Waals surface area contributed by atoms with Crippen LogP contribution in [-0.2, 0) is 0 Å². The first-order valence-electron chi connectivity index (χ1n) is 7.15. The van der Waals surface area contributed by atoms with E-state index in [1.807, 2.05) is 18.2 Å². The highest BCUT2D eigenvalue weighted by atomic mass is 16.6. The summed E-state index contributed by atoms with van der Waals surface area (Å²) in [5, 5.41) is 14.0. The largest absolute Gasteiger partial charge is 0.486 e. The Kier molecular flexibility index (Phi) is 3.89. The molecule has 2 N–H and O–H groups in total. The van der Waals surface area contributed by atoms with Crippen molar-refractivity contribution in [1.82, 2.24) is 5.32 Å². The Morgan fingerprint density at radius 1 is 1.11 bits per heavy atom. The van der Waals surface area contributed by atoms with Gasteiger partial charge < -0.3 is 19.9 Å². The van der Waals surface area contributed by atoms with Crippen molar-refractivity contribution >= 4 is 0 Å². The van der Waals surface area contributed by atoms with E-state index >= 15 is 0 Å². The van der Waals surface area contributed by atoms with Crippen molar-refractivity contribution in [1.29, 1.82) is 0 Å². The van der Waals surface area contributed by atoms with E-state index in [-0.39, 0.29) is 6.04 Å². The first-order valence-corrected chi connectivity index (χ1v) is 7.15. The van der Waals surface area contributed by atoms with Crippen molar-refractivity contribution in [3.63, 3.8) is 0 Å². The Hall–Kier alpha value is -1.26. The van der Waals surface area contributed by atoms with Gasteiger partial charge in [-0.3, -0.25) is 0 Å². The van der Waals surface area contributed by atoms with Crippen LogP contribution in [0, 0.1) is 0 Å². The summed E-state index contributed by atoms with van der Waals surface area (Å²) in [6, 6.07) is 5.88. The molecule has 2 atom stereocenters. The molecule has 19 heavy (non-hydrogen) atoms. The van der Waals surface area contributed by atoms with Crippen LogP contribution >= 0.6 is 0 Å². The summed E-state index contributed by atoms with van der Waals surface area (Å²) < 4.78 is 11.1. The first-order chi connectivity index (χ1) is 9.34.